The Balaban J connectivity index is 1.91. The van der Waals surface area contributed by atoms with Crippen LogP contribution in [0, 0.1) is 6.92 Å². The molecule has 0 radical (unpaired) electrons. The zero-order valence-electron chi connectivity index (χ0n) is 23.1. The molecular formula is C31H39N3O3S. The first-order valence-electron chi connectivity index (χ1n) is 13.0. The third-order valence-electron chi connectivity index (χ3n) is 6.43. The number of rotatable bonds is 8. The van der Waals surface area contributed by atoms with Crippen molar-refractivity contribution in [1.82, 2.24) is 4.90 Å². The van der Waals surface area contributed by atoms with Crippen molar-refractivity contribution in [3.8, 4) is 0 Å². The molecule has 3 rings (SSSR count). The number of allylic oxidation sites excluding steroid dienone is 4. The number of sulfonamides is 1. The van der Waals surface area contributed by atoms with Gasteiger partial charge in [0.2, 0.25) is 5.91 Å². The Morgan fingerprint density at radius 2 is 1.63 bits per heavy atom. The molecule has 7 heteroatoms. The maximum Gasteiger partial charge on any atom is 0.264 e. The van der Waals surface area contributed by atoms with E-state index in [0.717, 1.165) is 16.7 Å². The average molecular weight is 534 g/mol. The minimum absolute atomic E-state index is 0.101. The van der Waals surface area contributed by atoms with Crippen molar-refractivity contribution in [3.63, 3.8) is 0 Å². The monoisotopic (exact) mass is 533 g/mol. The third kappa shape index (κ3) is 7.78. The lowest BCUT2D eigenvalue weighted by Crippen LogP contribution is -2.43. The van der Waals surface area contributed by atoms with Crippen molar-refractivity contribution >= 4 is 27.8 Å². The minimum Gasteiger partial charge on any atom is -0.337 e. The number of carbonyl (C=O) groups is 1. The zero-order valence-corrected chi connectivity index (χ0v) is 23.9. The molecule has 0 unspecified atom stereocenters. The summed E-state index contributed by atoms with van der Waals surface area (Å²) < 4.78 is 29.0. The first-order valence-corrected chi connectivity index (χ1v) is 14.4. The van der Waals surface area contributed by atoms with E-state index in [1.165, 1.54) is 4.31 Å². The lowest BCUT2D eigenvalue weighted by Gasteiger charge is -2.29. The fraction of sp³-hybridized carbons (Fsp3) is 0.355. The Bertz CT molecular complexity index is 1310. The van der Waals surface area contributed by atoms with Crippen molar-refractivity contribution in [3.05, 3.63) is 95.6 Å². The Hall–Kier alpha value is -3.45. The minimum atomic E-state index is -3.99. The first-order chi connectivity index (χ1) is 18.0. The second kappa shape index (κ2) is 12.9. The average Bonchev–Trinajstić information content (AvgIpc) is 2.89. The molecule has 2 aromatic carbocycles. The lowest BCUT2D eigenvalue weighted by atomic mass is 9.87. The largest absolute Gasteiger partial charge is 0.337 e. The van der Waals surface area contributed by atoms with Gasteiger partial charge in [0, 0.05) is 19.3 Å². The number of anilines is 1. The SMILES string of the molecule is CCN(C/C1=C/C=N\C/C=C\C=C/C1)C(=O)CN(c1ccc(C)cc1)S(=O)(=O)c1ccc(C(C)(C)C)cc1. The van der Waals surface area contributed by atoms with E-state index in [-0.39, 0.29) is 22.8 Å². The summed E-state index contributed by atoms with van der Waals surface area (Å²) in [5.41, 5.74) is 3.43. The maximum atomic E-state index is 13.9. The number of aryl methyl sites for hydroxylation is 1. The van der Waals surface area contributed by atoms with Crippen LogP contribution < -0.4 is 4.31 Å². The molecule has 1 aliphatic heterocycles. The number of hydrogen-bond donors (Lipinski definition) is 0. The van der Waals surface area contributed by atoms with Gasteiger partial charge in [-0.05, 0) is 67.2 Å². The van der Waals surface area contributed by atoms with E-state index in [1.54, 1.807) is 35.4 Å². The highest BCUT2D eigenvalue weighted by molar-refractivity contribution is 7.92. The zero-order chi connectivity index (χ0) is 27.8. The van der Waals surface area contributed by atoms with Crippen LogP contribution in [0.3, 0.4) is 0 Å². The fourth-order valence-corrected chi connectivity index (χ4v) is 5.44. The topological polar surface area (TPSA) is 70.1 Å². The number of nitrogens with zero attached hydrogens (tertiary/aromatic N) is 3. The first kappa shape index (κ1) is 29.1. The predicted molar refractivity (Wildman–Crippen MR) is 157 cm³/mol. The molecule has 202 valence electrons. The second-order valence-electron chi connectivity index (χ2n) is 10.4. The summed E-state index contributed by atoms with van der Waals surface area (Å²) in [5.74, 6) is -0.262. The van der Waals surface area contributed by atoms with E-state index in [9.17, 15) is 13.2 Å². The lowest BCUT2D eigenvalue weighted by molar-refractivity contribution is -0.128. The number of likely N-dealkylation sites (N-methyl/N-ethyl adjacent to an activating group) is 1. The van der Waals surface area contributed by atoms with Gasteiger partial charge in [-0.15, -0.1) is 0 Å². The van der Waals surface area contributed by atoms with Crippen LogP contribution in [0.5, 0.6) is 0 Å². The fourth-order valence-electron chi connectivity index (χ4n) is 4.03. The summed E-state index contributed by atoms with van der Waals surface area (Å²) in [6.45, 7) is 11.3. The van der Waals surface area contributed by atoms with Crippen LogP contribution >= 0.6 is 0 Å². The highest BCUT2D eigenvalue weighted by Crippen LogP contribution is 2.27. The molecule has 0 fully saturated rings. The molecule has 0 saturated carbocycles. The van der Waals surface area contributed by atoms with Gasteiger partial charge >= 0.3 is 0 Å². The molecule has 0 atom stereocenters. The summed E-state index contributed by atoms with van der Waals surface area (Å²) in [4.78, 5) is 19.7. The van der Waals surface area contributed by atoms with E-state index in [4.69, 9.17) is 0 Å². The van der Waals surface area contributed by atoms with Crippen LogP contribution in [0.2, 0.25) is 0 Å². The molecule has 2 aromatic rings. The molecule has 1 aliphatic rings. The molecule has 0 aliphatic carbocycles. The van der Waals surface area contributed by atoms with Gasteiger partial charge in [0.15, 0.2) is 0 Å². The van der Waals surface area contributed by atoms with Gasteiger partial charge < -0.3 is 4.90 Å². The second-order valence-corrected chi connectivity index (χ2v) is 12.3. The summed E-state index contributed by atoms with van der Waals surface area (Å²) >= 11 is 0. The van der Waals surface area contributed by atoms with Crippen molar-refractivity contribution in [2.75, 3.05) is 30.5 Å². The predicted octanol–water partition coefficient (Wildman–Crippen LogP) is 5.85. The van der Waals surface area contributed by atoms with Crippen LogP contribution in [-0.2, 0) is 20.2 Å². The van der Waals surface area contributed by atoms with Crippen LogP contribution in [0.15, 0.2) is 94.4 Å². The summed E-state index contributed by atoms with van der Waals surface area (Å²) in [5, 5.41) is 0. The standard InChI is InChI=1S/C31H39N3O3S/c1-6-33(23-26-11-9-7-8-10-21-32-22-20-26)30(35)24-34(28-16-12-25(2)13-17-28)38(36,37)29-18-14-27(15-19-29)31(3,4)5/h7-10,12-20,22H,6,11,21,23-24H2,1-5H3/b9-7-,10-8-,26-20+,32-22-. The number of benzene rings is 2. The van der Waals surface area contributed by atoms with Crippen molar-refractivity contribution in [2.45, 2.75) is 51.3 Å². The quantitative estimate of drug-likeness (QED) is 0.427. The number of aliphatic imine (C=N–C) groups is 1. The van der Waals surface area contributed by atoms with Gasteiger partial charge in [0.05, 0.1) is 17.1 Å². The Labute approximate surface area is 228 Å². The molecule has 0 N–H and O–H groups in total. The van der Waals surface area contributed by atoms with E-state index in [0.29, 0.717) is 31.7 Å². The van der Waals surface area contributed by atoms with Crippen LogP contribution in [-0.4, -0.2) is 51.6 Å². The van der Waals surface area contributed by atoms with Crippen molar-refractivity contribution < 1.29 is 13.2 Å². The number of carbonyl (C=O) groups excluding carboxylic acids is 1. The van der Waals surface area contributed by atoms with Crippen LogP contribution in [0.1, 0.15) is 45.2 Å². The van der Waals surface area contributed by atoms with Gasteiger partial charge in [-0.2, -0.15) is 0 Å². The number of hydrogen-bond acceptors (Lipinski definition) is 4. The van der Waals surface area contributed by atoms with Gasteiger partial charge in [-0.1, -0.05) is 74.9 Å². The summed E-state index contributed by atoms with van der Waals surface area (Å²) in [7, 11) is -3.99. The van der Waals surface area contributed by atoms with Crippen molar-refractivity contribution in [2.24, 2.45) is 4.99 Å². The molecule has 38 heavy (non-hydrogen) atoms. The maximum absolute atomic E-state index is 13.9. The van der Waals surface area contributed by atoms with Gasteiger partial charge in [-0.3, -0.25) is 14.1 Å². The Kier molecular flexibility index (Phi) is 9.86. The highest BCUT2D eigenvalue weighted by Gasteiger charge is 2.29. The van der Waals surface area contributed by atoms with Gasteiger partial charge in [-0.25, -0.2) is 8.42 Å². The van der Waals surface area contributed by atoms with E-state index in [1.807, 2.05) is 68.5 Å². The summed E-state index contributed by atoms with van der Waals surface area (Å²) in [6.07, 6.45) is 12.3. The molecular weight excluding hydrogens is 494 g/mol. The molecule has 0 bridgehead atoms. The van der Waals surface area contributed by atoms with Crippen LogP contribution in [0.25, 0.3) is 0 Å². The highest BCUT2D eigenvalue weighted by atomic mass is 32.2. The molecule has 6 nitrogen and oxygen atoms in total. The molecule has 0 spiro atoms. The molecule has 0 saturated heterocycles. The molecule has 1 heterocycles. The van der Waals surface area contributed by atoms with E-state index >= 15 is 0 Å². The van der Waals surface area contributed by atoms with Gasteiger partial charge in [0.1, 0.15) is 6.54 Å². The van der Waals surface area contributed by atoms with Crippen molar-refractivity contribution in [1.29, 1.82) is 0 Å². The number of amides is 1. The molecule has 0 aromatic heterocycles. The van der Waals surface area contributed by atoms with E-state index < -0.39 is 10.0 Å². The van der Waals surface area contributed by atoms with Gasteiger partial charge in [0.25, 0.3) is 10.0 Å². The van der Waals surface area contributed by atoms with E-state index in [2.05, 4.69) is 25.8 Å². The normalized spacial score (nSPS) is 18.1. The Morgan fingerprint density at radius 1 is 0.974 bits per heavy atom. The smallest absolute Gasteiger partial charge is 0.264 e. The molecule has 1 amide bonds. The van der Waals surface area contributed by atoms with Crippen LogP contribution in [0.4, 0.5) is 5.69 Å². The summed E-state index contributed by atoms with van der Waals surface area (Å²) in [6, 6.07) is 14.2. The Morgan fingerprint density at radius 3 is 2.26 bits per heavy atom. The third-order valence-corrected chi connectivity index (χ3v) is 8.22.